The van der Waals surface area contributed by atoms with Gasteiger partial charge in [-0.25, -0.2) is 9.59 Å². The lowest BCUT2D eigenvalue weighted by atomic mass is 10.0. The second-order valence-corrected chi connectivity index (χ2v) is 6.35. The van der Waals surface area contributed by atoms with Crippen molar-refractivity contribution in [3.05, 3.63) is 77.6 Å². The molecule has 0 spiro atoms. The fraction of sp³-hybridized carbons (Fsp3) is 0.182. The summed E-state index contributed by atoms with van der Waals surface area (Å²) in [7, 11) is 1.31. The molecular formula is C22H20O5. The maximum Gasteiger partial charge on any atom is 0.347 e. The second-order valence-electron chi connectivity index (χ2n) is 6.35. The van der Waals surface area contributed by atoms with Gasteiger partial charge in [0, 0.05) is 5.56 Å². The molecule has 0 fully saturated rings. The van der Waals surface area contributed by atoms with E-state index >= 15 is 0 Å². The third-order valence-electron chi connectivity index (χ3n) is 4.19. The number of benzene rings is 2. The van der Waals surface area contributed by atoms with E-state index in [1.54, 1.807) is 42.5 Å². The van der Waals surface area contributed by atoms with Crippen molar-refractivity contribution < 1.29 is 23.5 Å². The molecule has 3 rings (SSSR count). The zero-order valence-corrected chi connectivity index (χ0v) is 15.4. The van der Waals surface area contributed by atoms with Crippen molar-refractivity contribution in [1.29, 1.82) is 0 Å². The molecule has 3 aromatic rings. The van der Waals surface area contributed by atoms with Crippen LogP contribution in [0.25, 0.3) is 11.3 Å². The van der Waals surface area contributed by atoms with Crippen LogP contribution >= 0.6 is 0 Å². The SMILES string of the molecule is COC(=O)c1cccc(-c2occc2C(=O)Oc2ccc(C(C)C)cc2)c1. The predicted octanol–water partition coefficient (Wildman–Crippen LogP) is 5.08. The van der Waals surface area contributed by atoms with Crippen molar-refractivity contribution in [3.8, 4) is 17.1 Å². The Morgan fingerprint density at radius 3 is 2.37 bits per heavy atom. The molecule has 1 heterocycles. The summed E-state index contributed by atoms with van der Waals surface area (Å²) >= 11 is 0. The summed E-state index contributed by atoms with van der Waals surface area (Å²) in [5.41, 5.74) is 2.41. The molecule has 0 bridgehead atoms. The molecular weight excluding hydrogens is 344 g/mol. The Morgan fingerprint density at radius 1 is 0.963 bits per heavy atom. The van der Waals surface area contributed by atoms with E-state index < -0.39 is 11.9 Å². The molecule has 0 aliphatic heterocycles. The van der Waals surface area contributed by atoms with E-state index in [-0.39, 0.29) is 5.56 Å². The molecule has 0 radical (unpaired) electrons. The fourth-order valence-electron chi connectivity index (χ4n) is 2.68. The highest BCUT2D eigenvalue weighted by molar-refractivity contribution is 5.98. The van der Waals surface area contributed by atoms with Crippen LogP contribution < -0.4 is 4.74 Å². The molecule has 1 aromatic heterocycles. The molecule has 5 nitrogen and oxygen atoms in total. The Balaban J connectivity index is 1.84. The standard InChI is InChI=1S/C22H20O5/c1-14(2)15-7-9-18(10-8-15)27-22(24)19-11-12-26-20(19)16-5-4-6-17(13-16)21(23)25-3/h4-14H,1-3H3. The summed E-state index contributed by atoms with van der Waals surface area (Å²) in [4.78, 5) is 24.3. The third-order valence-corrected chi connectivity index (χ3v) is 4.19. The lowest BCUT2D eigenvalue weighted by Crippen LogP contribution is -2.09. The summed E-state index contributed by atoms with van der Waals surface area (Å²) in [6.07, 6.45) is 1.42. The minimum Gasteiger partial charge on any atom is -0.465 e. The van der Waals surface area contributed by atoms with Gasteiger partial charge in [-0.3, -0.25) is 0 Å². The molecule has 0 amide bonds. The first-order chi connectivity index (χ1) is 13.0. The highest BCUT2D eigenvalue weighted by Crippen LogP contribution is 2.27. The Bertz CT molecular complexity index is 951. The molecule has 0 saturated heterocycles. The largest absolute Gasteiger partial charge is 0.465 e. The highest BCUT2D eigenvalue weighted by atomic mass is 16.5. The topological polar surface area (TPSA) is 65.7 Å². The minimum absolute atomic E-state index is 0.282. The number of carbonyl (C=O) groups is 2. The van der Waals surface area contributed by atoms with Crippen LogP contribution in [0.1, 0.15) is 46.0 Å². The highest BCUT2D eigenvalue weighted by Gasteiger charge is 2.19. The molecule has 0 aliphatic carbocycles. The maximum atomic E-state index is 12.6. The van der Waals surface area contributed by atoms with Crippen molar-refractivity contribution in [1.82, 2.24) is 0 Å². The number of esters is 2. The summed E-state index contributed by atoms with van der Waals surface area (Å²) in [6, 6.07) is 15.6. The number of hydrogen-bond donors (Lipinski definition) is 0. The normalized spacial score (nSPS) is 10.7. The summed E-state index contributed by atoms with van der Waals surface area (Å²) in [6.45, 7) is 4.20. The van der Waals surface area contributed by atoms with Crippen molar-refractivity contribution >= 4 is 11.9 Å². The number of ether oxygens (including phenoxy) is 2. The second kappa shape index (κ2) is 7.91. The van der Waals surface area contributed by atoms with E-state index in [1.807, 2.05) is 12.1 Å². The average molecular weight is 364 g/mol. The van der Waals surface area contributed by atoms with Crippen LogP contribution in [0, 0.1) is 0 Å². The van der Waals surface area contributed by atoms with Crippen LogP contribution in [-0.4, -0.2) is 19.0 Å². The van der Waals surface area contributed by atoms with E-state index in [2.05, 4.69) is 13.8 Å². The lowest BCUT2D eigenvalue weighted by Gasteiger charge is -2.08. The zero-order valence-electron chi connectivity index (χ0n) is 15.4. The van der Waals surface area contributed by atoms with E-state index in [9.17, 15) is 9.59 Å². The van der Waals surface area contributed by atoms with E-state index in [0.29, 0.717) is 28.6 Å². The maximum absolute atomic E-state index is 12.6. The van der Waals surface area contributed by atoms with Gasteiger partial charge in [0.2, 0.25) is 0 Å². The van der Waals surface area contributed by atoms with Gasteiger partial charge in [-0.2, -0.15) is 0 Å². The predicted molar refractivity (Wildman–Crippen MR) is 101 cm³/mol. The van der Waals surface area contributed by atoms with Crippen LogP contribution in [-0.2, 0) is 4.74 Å². The van der Waals surface area contributed by atoms with Gasteiger partial charge in [0.25, 0.3) is 0 Å². The molecule has 0 atom stereocenters. The van der Waals surface area contributed by atoms with Gasteiger partial charge in [0.05, 0.1) is 18.9 Å². The third kappa shape index (κ3) is 4.08. The smallest absolute Gasteiger partial charge is 0.347 e. The molecule has 2 aromatic carbocycles. The first-order valence-corrected chi connectivity index (χ1v) is 8.58. The zero-order chi connectivity index (χ0) is 19.4. The molecule has 27 heavy (non-hydrogen) atoms. The van der Waals surface area contributed by atoms with E-state index in [0.717, 1.165) is 0 Å². The fourth-order valence-corrected chi connectivity index (χ4v) is 2.68. The number of methoxy groups -OCH3 is 1. The average Bonchev–Trinajstić information content (AvgIpc) is 3.18. The van der Waals surface area contributed by atoms with Crippen molar-refractivity contribution in [2.24, 2.45) is 0 Å². The van der Waals surface area contributed by atoms with Gasteiger partial charge in [0.15, 0.2) is 0 Å². The van der Waals surface area contributed by atoms with E-state index in [1.165, 1.54) is 18.9 Å². The van der Waals surface area contributed by atoms with Crippen LogP contribution in [0.4, 0.5) is 0 Å². The monoisotopic (exact) mass is 364 g/mol. The van der Waals surface area contributed by atoms with Crippen molar-refractivity contribution in [3.63, 3.8) is 0 Å². The molecule has 0 unspecified atom stereocenters. The summed E-state index contributed by atoms with van der Waals surface area (Å²) in [5, 5.41) is 0. The van der Waals surface area contributed by atoms with Crippen LogP contribution in [0.15, 0.2) is 65.3 Å². The van der Waals surface area contributed by atoms with Crippen molar-refractivity contribution in [2.75, 3.05) is 7.11 Å². The first-order valence-electron chi connectivity index (χ1n) is 8.58. The van der Waals surface area contributed by atoms with Gasteiger partial charge in [0.1, 0.15) is 17.1 Å². The number of carbonyl (C=O) groups excluding carboxylic acids is 2. The van der Waals surface area contributed by atoms with Gasteiger partial charge in [-0.05, 0) is 41.8 Å². The number of hydrogen-bond acceptors (Lipinski definition) is 5. The first kappa shape index (κ1) is 18.5. The van der Waals surface area contributed by atoms with Gasteiger partial charge in [-0.1, -0.05) is 38.1 Å². The minimum atomic E-state index is -0.528. The Kier molecular flexibility index (Phi) is 5.41. The van der Waals surface area contributed by atoms with Gasteiger partial charge < -0.3 is 13.9 Å². The van der Waals surface area contributed by atoms with Crippen LogP contribution in [0.2, 0.25) is 0 Å². The molecule has 5 heteroatoms. The molecule has 0 N–H and O–H groups in total. The number of furan rings is 1. The quantitative estimate of drug-likeness (QED) is 0.467. The van der Waals surface area contributed by atoms with Gasteiger partial charge >= 0.3 is 11.9 Å². The Morgan fingerprint density at radius 2 is 1.70 bits per heavy atom. The molecule has 138 valence electrons. The molecule has 0 saturated carbocycles. The summed E-state index contributed by atoms with van der Waals surface area (Å²) < 4.78 is 15.7. The summed E-state index contributed by atoms with van der Waals surface area (Å²) in [5.74, 6) is 0.207. The lowest BCUT2D eigenvalue weighted by molar-refractivity contribution is 0.0600. The van der Waals surface area contributed by atoms with Gasteiger partial charge in [-0.15, -0.1) is 0 Å². The molecule has 0 aliphatic rings. The number of rotatable bonds is 5. The van der Waals surface area contributed by atoms with Crippen LogP contribution in [0.5, 0.6) is 5.75 Å². The van der Waals surface area contributed by atoms with Crippen molar-refractivity contribution in [2.45, 2.75) is 19.8 Å². The van der Waals surface area contributed by atoms with E-state index in [4.69, 9.17) is 13.9 Å². The Hall–Kier alpha value is -3.34. The Labute approximate surface area is 157 Å². The van der Waals surface area contributed by atoms with Crippen LogP contribution in [0.3, 0.4) is 0 Å².